The molecule has 0 saturated heterocycles. The van der Waals surface area contributed by atoms with Crippen LogP contribution < -0.4 is 11.1 Å². The van der Waals surface area contributed by atoms with Gasteiger partial charge < -0.3 is 15.8 Å². The number of rotatable bonds is 8. The highest BCUT2D eigenvalue weighted by atomic mass is 32.1. The normalized spacial score (nSPS) is 10.7. The minimum Gasteiger partial charge on any atom is -0.370 e. The molecule has 7 heteroatoms. The highest BCUT2D eigenvalue weighted by molar-refractivity contribution is 7.13. The van der Waals surface area contributed by atoms with Crippen LogP contribution in [0.2, 0.25) is 0 Å². The molecule has 0 fully saturated rings. The lowest BCUT2D eigenvalue weighted by molar-refractivity contribution is -0.122. The number of aromatic nitrogens is 1. The number of halogens is 1. The lowest BCUT2D eigenvalue weighted by Gasteiger charge is -2.03. The molecule has 0 bridgehead atoms. The molecule has 3 N–H and O–H groups in total. The van der Waals surface area contributed by atoms with Crippen LogP contribution in [0.3, 0.4) is 0 Å². The van der Waals surface area contributed by atoms with Crippen molar-refractivity contribution >= 4 is 17.2 Å². The smallest absolute Gasteiger partial charge is 0.243 e. The Morgan fingerprint density at radius 3 is 2.86 bits per heavy atom. The topological polar surface area (TPSA) is 77.2 Å². The zero-order valence-electron chi connectivity index (χ0n) is 11.3. The molecule has 1 aromatic carbocycles. The average molecular weight is 309 g/mol. The van der Waals surface area contributed by atoms with E-state index in [0.29, 0.717) is 19.7 Å². The number of primary amides is 1. The second kappa shape index (κ2) is 7.82. The maximum atomic E-state index is 12.9. The first-order chi connectivity index (χ1) is 10.1. The second-order valence-electron chi connectivity index (χ2n) is 4.35. The van der Waals surface area contributed by atoms with Crippen molar-refractivity contribution in [3.8, 4) is 10.6 Å². The van der Waals surface area contributed by atoms with Gasteiger partial charge in [-0.3, -0.25) is 4.79 Å². The van der Waals surface area contributed by atoms with Crippen LogP contribution in [0.15, 0.2) is 29.6 Å². The Labute approximate surface area is 126 Å². The van der Waals surface area contributed by atoms with Crippen LogP contribution in [0.1, 0.15) is 5.69 Å². The van der Waals surface area contributed by atoms with E-state index in [1.165, 1.54) is 23.5 Å². The Kier molecular flexibility index (Phi) is 5.79. The number of amides is 1. The first kappa shape index (κ1) is 15.6. The molecular formula is C14H16FN3O2S. The Morgan fingerprint density at radius 2 is 2.14 bits per heavy atom. The van der Waals surface area contributed by atoms with Crippen LogP contribution in [-0.4, -0.2) is 30.6 Å². The first-order valence-corrected chi connectivity index (χ1v) is 7.30. The summed E-state index contributed by atoms with van der Waals surface area (Å²) in [5.41, 5.74) is 6.76. The van der Waals surface area contributed by atoms with Crippen molar-refractivity contribution in [1.82, 2.24) is 10.3 Å². The molecule has 0 saturated carbocycles. The summed E-state index contributed by atoms with van der Waals surface area (Å²) in [4.78, 5) is 14.9. The first-order valence-electron chi connectivity index (χ1n) is 6.42. The van der Waals surface area contributed by atoms with Crippen LogP contribution in [0.5, 0.6) is 0 Å². The van der Waals surface area contributed by atoms with Crippen LogP contribution in [0.4, 0.5) is 4.39 Å². The van der Waals surface area contributed by atoms with Gasteiger partial charge in [0.05, 0.1) is 12.3 Å². The summed E-state index contributed by atoms with van der Waals surface area (Å²) >= 11 is 1.51. The second-order valence-corrected chi connectivity index (χ2v) is 5.20. The van der Waals surface area contributed by atoms with Crippen LogP contribution in [0, 0.1) is 5.82 Å². The van der Waals surface area contributed by atoms with Crippen LogP contribution in [-0.2, 0) is 16.1 Å². The van der Waals surface area contributed by atoms with E-state index in [1.54, 1.807) is 12.1 Å². The van der Waals surface area contributed by atoms with E-state index in [0.717, 1.165) is 16.3 Å². The largest absolute Gasteiger partial charge is 0.370 e. The Bertz CT molecular complexity index is 586. The van der Waals surface area contributed by atoms with Gasteiger partial charge in [-0.2, -0.15) is 0 Å². The zero-order valence-corrected chi connectivity index (χ0v) is 12.2. The maximum absolute atomic E-state index is 12.9. The van der Waals surface area contributed by atoms with E-state index >= 15 is 0 Å². The van der Waals surface area contributed by atoms with E-state index < -0.39 is 5.91 Å². The molecule has 2 aromatic rings. The van der Waals surface area contributed by atoms with Gasteiger partial charge >= 0.3 is 0 Å². The van der Waals surface area contributed by atoms with E-state index in [2.05, 4.69) is 10.3 Å². The summed E-state index contributed by atoms with van der Waals surface area (Å²) < 4.78 is 17.9. The summed E-state index contributed by atoms with van der Waals surface area (Å²) in [5.74, 6) is -0.730. The van der Waals surface area contributed by atoms with Crippen molar-refractivity contribution in [1.29, 1.82) is 0 Å². The molecule has 0 aliphatic heterocycles. The number of thiazole rings is 1. The van der Waals surface area contributed by atoms with E-state index in [9.17, 15) is 9.18 Å². The fourth-order valence-corrected chi connectivity index (χ4v) is 2.47. The van der Waals surface area contributed by atoms with Crippen LogP contribution >= 0.6 is 11.3 Å². The Balaban J connectivity index is 1.76. The quantitative estimate of drug-likeness (QED) is 0.725. The lowest BCUT2D eigenvalue weighted by Crippen LogP contribution is -2.23. The van der Waals surface area contributed by atoms with Gasteiger partial charge in [-0.25, -0.2) is 9.37 Å². The molecule has 0 atom stereocenters. The fourth-order valence-electron chi connectivity index (χ4n) is 1.65. The third kappa shape index (κ3) is 5.22. The third-order valence-electron chi connectivity index (χ3n) is 2.62. The molecule has 0 radical (unpaired) electrons. The Morgan fingerprint density at radius 1 is 1.38 bits per heavy atom. The number of carbonyl (C=O) groups is 1. The highest BCUT2D eigenvalue weighted by Crippen LogP contribution is 2.23. The molecule has 21 heavy (non-hydrogen) atoms. The zero-order chi connectivity index (χ0) is 15.1. The van der Waals surface area contributed by atoms with E-state index in [1.807, 2.05) is 5.38 Å². The summed E-state index contributed by atoms with van der Waals surface area (Å²) in [6, 6.07) is 6.27. The van der Waals surface area contributed by atoms with Gasteiger partial charge in [0, 0.05) is 24.0 Å². The summed E-state index contributed by atoms with van der Waals surface area (Å²) in [5, 5.41) is 5.97. The molecule has 0 aliphatic carbocycles. The summed E-state index contributed by atoms with van der Waals surface area (Å²) in [6.07, 6.45) is 0. The van der Waals surface area contributed by atoms with Gasteiger partial charge in [-0.1, -0.05) is 0 Å². The molecule has 1 heterocycles. The average Bonchev–Trinajstić information content (AvgIpc) is 2.92. The van der Waals surface area contributed by atoms with Gasteiger partial charge in [0.2, 0.25) is 5.91 Å². The molecule has 2 rings (SSSR count). The molecule has 5 nitrogen and oxygen atoms in total. The lowest BCUT2D eigenvalue weighted by atomic mass is 10.2. The number of ether oxygens (including phenoxy) is 1. The molecule has 0 spiro atoms. The SMILES string of the molecule is NC(=O)COCCNCc1csc(-c2ccc(F)cc2)n1. The minimum atomic E-state index is -0.474. The van der Waals surface area contributed by atoms with Gasteiger partial charge in [-0.15, -0.1) is 11.3 Å². The molecule has 112 valence electrons. The monoisotopic (exact) mass is 309 g/mol. The highest BCUT2D eigenvalue weighted by Gasteiger charge is 2.04. The molecule has 0 unspecified atom stereocenters. The van der Waals surface area contributed by atoms with Gasteiger partial charge in [0.15, 0.2) is 0 Å². The predicted octanol–water partition coefficient (Wildman–Crippen LogP) is 1.54. The molecule has 1 aromatic heterocycles. The van der Waals surface area contributed by atoms with Crippen molar-refractivity contribution in [3.05, 3.63) is 41.2 Å². The van der Waals surface area contributed by atoms with E-state index in [4.69, 9.17) is 10.5 Å². The standard InChI is InChI=1S/C14H16FN3O2S/c15-11-3-1-10(2-4-11)14-18-12(9-21-14)7-17-5-6-20-8-13(16)19/h1-4,9,17H,5-8H2,(H2,16,19). The number of hydrogen-bond acceptors (Lipinski definition) is 5. The Hall–Kier alpha value is -1.83. The number of nitrogens with zero attached hydrogens (tertiary/aromatic N) is 1. The van der Waals surface area contributed by atoms with Crippen molar-refractivity contribution in [2.45, 2.75) is 6.54 Å². The van der Waals surface area contributed by atoms with Crippen molar-refractivity contribution in [2.24, 2.45) is 5.73 Å². The fraction of sp³-hybridized carbons (Fsp3) is 0.286. The van der Waals surface area contributed by atoms with Gasteiger partial charge in [0.25, 0.3) is 0 Å². The maximum Gasteiger partial charge on any atom is 0.243 e. The predicted molar refractivity (Wildman–Crippen MR) is 79.2 cm³/mol. The molecular weight excluding hydrogens is 293 g/mol. The van der Waals surface area contributed by atoms with Crippen molar-refractivity contribution in [3.63, 3.8) is 0 Å². The van der Waals surface area contributed by atoms with Gasteiger partial charge in [0.1, 0.15) is 17.4 Å². The third-order valence-corrected chi connectivity index (χ3v) is 3.56. The number of nitrogens with one attached hydrogen (secondary N) is 1. The molecule has 1 amide bonds. The minimum absolute atomic E-state index is 0.0624. The van der Waals surface area contributed by atoms with Crippen molar-refractivity contribution < 1.29 is 13.9 Å². The summed E-state index contributed by atoms with van der Waals surface area (Å²) in [6.45, 7) is 1.57. The number of hydrogen-bond donors (Lipinski definition) is 2. The number of nitrogens with two attached hydrogens (primary N) is 1. The van der Waals surface area contributed by atoms with Crippen LogP contribution in [0.25, 0.3) is 10.6 Å². The van der Waals surface area contributed by atoms with E-state index in [-0.39, 0.29) is 12.4 Å². The van der Waals surface area contributed by atoms with Crippen molar-refractivity contribution in [2.75, 3.05) is 19.8 Å². The number of carbonyl (C=O) groups excluding carboxylic acids is 1. The van der Waals surface area contributed by atoms with Gasteiger partial charge in [-0.05, 0) is 24.3 Å². The molecule has 0 aliphatic rings. The summed E-state index contributed by atoms with van der Waals surface area (Å²) in [7, 11) is 0. The number of benzene rings is 1.